The van der Waals surface area contributed by atoms with Crippen LogP contribution in [0.5, 0.6) is 0 Å². The van der Waals surface area contributed by atoms with Crippen molar-refractivity contribution in [2.75, 3.05) is 0 Å². The molecule has 0 saturated carbocycles. The van der Waals surface area contributed by atoms with Crippen molar-refractivity contribution in [2.24, 2.45) is 0 Å². The van der Waals surface area contributed by atoms with Crippen LogP contribution in [0.4, 0.5) is 4.39 Å². The number of aryl methyl sites for hydroxylation is 1. The fourth-order valence-corrected chi connectivity index (χ4v) is 3.16. The number of rotatable bonds is 3. The quantitative estimate of drug-likeness (QED) is 0.864. The van der Waals surface area contributed by atoms with Gasteiger partial charge in [-0.15, -0.1) is 11.3 Å². The Labute approximate surface area is 124 Å². The second-order valence-corrected chi connectivity index (χ2v) is 7.36. The van der Waals surface area contributed by atoms with Crippen LogP contribution in [0.2, 0.25) is 0 Å². The highest BCUT2D eigenvalue weighted by atomic mass is 32.1. The van der Waals surface area contributed by atoms with Crippen molar-refractivity contribution in [3.05, 3.63) is 57.0 Å². The van der Waals surface area contributed by atoms with E-state index in [2.05, 4.69) is 26.8 Å². The summed E-state index contributed by atoms with van der Waals surface area (Å²) in [4.78, 5) is 2.20. The van der Waals surface area contributed by atoms with Crippen molar-refractivity contribution in [1.82, 2.24) is 0 Å². The van der Waals surface area contributed by atoms with E-state index in [9.17, 15) is 9.50 Å². The number of thiophene rings is 1. The molecule has 1 N–H and O–H groups in total. The van der Waals surface area contributed by atoms with E-state index in [1.54, 1.807) is 17.4 Å². The number of aliphatic hydroxyl groups excluding tert-OH is 1. The monoisotopic (exact) mass is 292 g/mol. The summed E-state index contributed by atoms with van der Waals surface area (Å²) < 4.78 is 13.3. The van der Waals surface area contributed by atoms with Gasteiger partial charge in [-0.2, -0.15) is 0 Å². The van der Waals surface area contributed by atoms with Crippen LogP contribution in [0.25, 0.3) is 0 Å². The van der Waals surface area contributed by atoms with Gasteiger partial charge in [0.2, 0.25) is 0 Å². The van der Waals surface area contributed by atoms with E-state index in [0.29, 0.717) is 6.42 Å². The molecule has 0 aliphatic heterocycles. The molecule has 1 heterocycles. The first-order valence-electron chi connectivity index (χ1n) is 6.80. The van der Waals surface area contributed by atoms with Gasteiger partial charge < -0.3 is 5.11 Å². The van der Waals surface area contributed by atoms with E-state index in [1.165, 1.54) is 17.0 Å². The summed E-state index contributed by atoms with van der Waals surface area (Å²) >= 11 is 1.63. The number of benzene rings is 1. The molecule has 2 rings (SSSR count). The fraction of sp³-hybridized carbons (Fsp3) is 0.412. The summed E-state index contributed by atoms with van der Waals surface area (Å²) in [5, 5.41) is 10.4. The zero-order chi connectivity index (χ0) is 14.9. The molecule has 0 saturated heterocycles. The van der Waals surface area contributed by atoms with E-state index in [0.717, 1.165) is 16.0 Å². The minimum Gasteiger partial charge on any atom is -0.387 e. The molecule has 1 atom stereocenters. The lowest BCUT2D eigenvalue weighted by Crippen LogP contribution is -2.08. The second kappa shape index (κ2) is 5.66. The number of hydrogen-bond acceptors (Lipinski definition) is 2. The molecule has 0 bridgehead atoms. The Morgan fingerprint density at radius 1 is 1.20 bits per heavy atom. The highest BCUT2D eigenvalue weighted by Crippen LogP contribution is 2.33. The zero-order valence-corrected chi connectivity index (χ0v) is 13.2. The average Bonchev–Trinajstić information content (AvgIpc) is 2.83. The van der Waals surface area contributed by atoms with Gasteiger partial charge in [-0.3, -0.25) is 0 Å². The van der Waals surface area contributed by atoms with Crippen LogP contribution in [0, 0.1) is 12.7 Å². The van der Waals surface area contributed by atoms with Crippen molar-refractivity contribution in [3.63, 3.8) is 0 Å². The number of hydrogen-bond donors (Lipinski definition) is 1. The lowest BCUT2D eigenvalue weighted by Gasteiger charge is -2.16. The van der Waals surface area contributed by atoms with Gasteiger partial charge >= 0.3 is 0 Å². The van der Waals surface area contributed by atoms with Crippen LogP contribution in [-0.2, 0) is 11.8 Å². The molecule has 1 nitrogen and oxygen atoms in total. The van der Waals surface area contributed by atoms with Gasteiger partial charge in [0.05, 0.1) is 6.10 Å². The van der Waals surface area contributed by atoms with Crippen LogP contribution in [0.15, 0.2) is 30.3 Å². The van der Waals surface area contributed by atoms with Crippen molar-refractivity contribution in [3.8, 4) is 0 Å². The Kier molecular flexibility index (Phi) is 4.31. The van der Waals surface area contributed by atoms with Crippen molar-refractivity contribution < 1.29 is 9.50 Å². The van der Waals surface area contributed by atoms with Crippen molar-refractivity contribution in [1.29, 1.82) is 0 Å². The molecule has 2 aromatic rings. The maximum Gasteiger partial charge on any atom is 0.123 e. The Morgan fingerprint density at radius 3 is 2.50 bits per heavy atom. The predicted molar refractivity (Wildman–Crippen MR) is 82.8 cm³/mol. The third-order valence-electron chi connectivity index (χ3n) is 3.42. The average molecular weight is 292 g/mol. The molecular formula is C17H21FOS. The van der Waals surface area contributed by atoms with Gasteiger partial charge in [-0.05, 0) is 47.7 Å². The molecule has 1 unspecified atom stereocenters. The Bertz CT molecular complexity index is 595. The van der Waals surface area contributed by atoms with Crippen LogP contribution in [-0.4, -0.2) is 5.11 Å². The lowest BCUT2D eigenvalue weighted by atomic mass is 9.95. The molecule has 20 heavy (non-hydrogen) atoms. The molecule has 0 amide bonds. The first-order chi connectivity index (χ1) is 9.27. The normalized spacial score (nSPS) is 13.5. The van der Waals surface area contributed by atoms with E-state index in [1.807, 2.05) is 13.0 Å². The minimum atomic E-state index is -0.573. The van der Waals surface area contributed by atoms with Crippen LogP contribution < -0.4 is 0 Å². The van der Waals surface area contributed by atoms with Gasteiger partial charge in [0, 0.05) is 16.2 Å². The number of halogens is 1. The summed E-state index contributed by atoms with van der Waals surface area (Å²) in [5.41, 5.74) is 1.97. The standard InChI is InChI=1S/C17H21FOS/c1-11-5-6-13(18)9-12(11)10-14(19)15-7-8-16(20-15)17(2,3)4/h5-9,14,19H,10H2,1-4H3. The van der Waals surface area contributed by atoms with Gasteiger partial charge in [0.25, 0.3) is 0 Å². The molecule has 0 aliphatic carbocycles. The molecule has 108 valence electrons. The molecule has 1 aromatic heterocycles. The van der Waals surface area contributed by atoms with Gasteiger partial charge in [0.15, 0.2) is 0 Å². The van der Waals surface area contributed by atoms with Gasteiger partial charge in [-0.25, -0.2) is 4.39 Å². The van der Waals surface area contributed by atoms with Crippen molar-refractivity contribution in [2.45, 2.75) is 45.6 Å². The smallest absolute Gasteiger partial charge is 0.123 e. The minimum absolute atomic E-state index is 0.0947. The molecule has 1 aromatic carbocycles. The maximum atomic E-state index is 13.3. The molecule has 0 spiro atoms. The molecule has 0 aliphatic rings. The zero-order valence-electron chi connectivity index (χ0n) is 12.4. The maximum absolute atomic E-state index is 13.3. The van der Waals surface area contributed by atoms with Crippen LogP contribution in [0.3, 0.4) is 0 Å². The Balaban J connectivity index is 2.18. The lowest BCUT2D eigenvalue weighted by molar-refractivity contribution is 0.182. The summed E-state index contributed by atoms with van der Waals surface area (Å²) in [6.45, 7) is 8.42. The molecule has 3 heteroatoms. The third kappa shape index (κ3) is 3.47. The van der Waals surface area contributed by atoms with E-state index in [4.69, 9.17) is 0 Å². The van der Waals surface area contributed by atoms with E-state index >= 15 is 0 Å². The Morgan fingerprint density at radius 2 is 1.90 bits per heavy atom. The fourth-order valence-electron chi connectivity index (χ4n) is 2.10. The second-order valence-electron chi connectivity index (χ2n) is 6.24. The van der Waals surface area contributed by atoms with Gasteiger partial charge in [-0.1, -0.05) is 26.8 Å². The molecular weight excluding hydrogens is 271 g/mol. The largest absolute Gasteiger partial charge is 0.387 e. The van der Waals surface area contributed by atoms with Gasteiger partial charge in [0.1, 0.15) is 5.82 Å². The highest BCUT2D eigenvalue weighted by molar-refractivity contribution is 7.12. The first kappa shape index (κ1) is 15.2. The SMILES string of the molecule is Cc1ccc(F)cc1CC(O)c1ccc(C(C)(C)C)s1. The summed E-state index contributed by atoms with van der Waals surface area (Å²) in [6, 6.07) is 8.77. The molecule has 0 fully saturated rings. The third-order valence-corrected chi connectivity index (χ3v) is 5.03. The van der Waals surface area contributed by atoms with E-state index in [-0.39, 0.29) is 11.2 Å². The number of aliphatic hydroxyl groups is 1. The topological polar surface area (TPSA) is 20.2 Å². The Hall–Kier alpha value is -1.19. The highest BCUT2D eigenvalue weighted by Gasteiger charge is 2.19. The summed E-state index contributed by atoms with van der Waals surface area (Å²) in [5.74, 6) is -0.251. The molecule has 0 radical (unpaired) electrons. The predicted octanol–water partition coefficient (Wildman–Crippen LogP) is 4.77. The summed E-state index contributed by atoms with van der Waals surface area (Å²) in [6.07, 6.45) is -0.121. The summed E-state index contributed by atoms with van der Waals surface area (Å²) in [7, 11) is 0. The van der Waals surface area contributed by atoms with Crippen molar-refractivity contribution >= 4 is 11.3 Å². The first-order valence-corrected chi connectivity index (χ1v) is 7.62. The van der Waals surface area contributed by atoms with Crippen LogP contribution >= 0.6 is 11.3 Å². The van der Waals surface area contributed by atoms with E-state index < -0.39 is 6.10 Å². The van der Waals surface area contributed by atoms with Crippen LogP contribution in [0.1, 0.15) is 47.8 Å².